The lowest BCUT2D eigenvalue weighted by atomic mass is 9.80. The zero-order chi connectivity index (χ0) is 22.2. The first-order chi connectivity index (χ1) is 15.5. The van der Waals surface area contributed by atoms with Gasteiger partial charge in [-0.3, -0.25) is 0 Å². The summed E-state index contributed by atoms with van der Waals surface area (Å²) in [6.45, 7) is 0.217. The number of nitrogens with zero attached hydrogens (tertiary/aromatic N) is 4. The molecule has 5 rings (SSSR count). The van der Waals surface area contributed by atoms with Crippen LogP contribution in [-0.2, 0) is 30.9 Å². The summed E-state index contributed by atoms with van der Waals surface area (Å²) in [5, 5.41) is 1.55. The minimum atomic E-state index is -3.64. The molecule has 10 heteroatoms. The molecule has 0 radical (unpaired) electrons. The van der Waals surface area contributed by atoms with E-state index in [0.717, 1.165) is 34.7 Å². The normalized spacial score (nSPS) is 15.7. The van der Waals surface area contributed by atoms with Crippen molar-refractivity contribution in [3.05, 3.63) is 65.7 Å². The van der Waals surface area contributed by atoms with E-state index in [2.05, 4.69) is 15.0 Å². The number of hydrogen-bond donors (Lipinski definition) is 0. The van der Waals surface area contributed by atoms with Crippen molar-refractivity contribution in [3.8, 4) is 10.6 Å². The van der Waals surface area contributed by atoms with Crippen LogP contribution in [0.1, 0.15) is 29.8 Å². The van der Waals surface area contributed by atoms with Gasteiger partial charge in [0.05, 0.1) is 16.3 Å². The molecule has 1 saturated carbocycles. The van der Waals surface area contributed by atoms with Crippen LogP contribution >= 0.6 is 11.3 Å². The predicted molar refractivity (Wildman–Crippen MR) is 122 cm³/mol. The molecule has 166 valence electrons. The van der Waals surface area contributed by atoms with E-state index in [0.29, 0.717) is 16.7 Å². The summed E-state index contributed by atoms with van der Waals surface area (Å²) in [5.41, 5.74) is 1.33. The third kappa shape index (κ3) is 3.73. The van der Waals surface area contributed by atoms with Crippen LogP contribution in [-0.4, -0.2) is 41.2 Å². The summed E-state index contributed by atoms with van der Waals surface area (Å²) in [6, 6.07) is 10.8. The van der Waals surface area contributed by atoms with Gasteiger partial charge in [0, 0.05) is 24.9 Å². The number of benzene rings is 1. The smallest absolute Gasteiger partial charge is 0.244 e. The van der Waals surface area contributed by atoms with Crippen molar-refractivity contribution >= 4 is 32.4 Å². The third-order valence-electron chi connectivity index (χ3n) is 5.68. The predicted octanol–water partition coefficient (Wildman–Crippen LogP) is 3.93. The number of hydrogen-bond acceptors (Lipinski definition) is 8. The zero-order valence-electron chi connectivity index (χ0n) is 17.5. The first-order valence-corrected chi connectivity index (χ1v) is 12.6. The van der Waals surface area contributed by atoms with Crippen LogP contribution < -0.4 is 0 Å². The highest BCUT2D eigenvalue weighted by Gasteiger charge is 2.43. The summed E-state index contributed by atoms with van der Waals surface area (Å²) in [6.07, 6.45) is 7.59. The molecule has 0 N–H and O–H groups in total. The fourth-order valence-corrected chi connectivity index (χ4v) is 6.42. The number of methoxy groups -OCH3 is 1. The quantitative estimate of drug-likeness (QED) is 0.360. The van der Waals surface area contributed by atoms with Crippen molar-refractivity contribution in [2.45, 2.75) is 30.6 Å². The SMILES string of the molecule is COCOC1(c2ncc(-c3ncnc4c3ccn4S(=O)(=O)Cc3ccccc3)s2)CCC1. The molecule has 0 amide bonds. The van der Waals surface area contributed by atoms with Crippen molar-refractivity contribution in [2.24, 2.45) is 0 Å². The summed E-state index contributed by atoms with van der Waals surface area (Å²) in [5.74, 6) is -0.110. The molecule has 1 aliphatic carbocycles. The van der Waals surface area contributed by atoms with Crippen LogP contribution in [0, 0.1) is 0 Å². The van der Waals surface area contributed by atoms with Crippen molar-refractivity contribution in [1.82, 2.24) is 18.9 Å². The number of aromatic nitrogens is 4. The maximum atomic E-state index is 13.1. The van der Waals surface area contributed by atoms with Gasteiger partial charge in [-0.1, -0.05) is 30.3 Å². The van der Waals surface area contributed by atoms with E-state index in [-0.39, 0.29) is 12.5 Å². The van der Waals surface area contributed by atoms with E-state index in [1.165, 1.54) is 27.8 Å². The molecule has 32 heavy (non-hydrogen) atoms. The molecule has 0 saturated heterocycles. The van der Waals surface area contributed by atoms with Gasteiger partial charge in [-0.05, 0) is 30.9 Å². The Bertz CT molecular complexity index is 1340. The molecule has 1 fully saturated rings. The van der Waals surface area contributed by atoms with Gasteiger partial charge >= 0.3 is 0 Å². The van der Waals surface area contributed by atoms with Crippen molar-refractivity contribution in [2.75, 3.05) is 13.9 Å². The number of ether oxygens (including phenoxy) is 2. The molecule has 0 atom stereocenters. The number of rotatable bonds is 8. The van der Waals surface area contributed by atoms with Gasteiger partial charge < -0.3 is 9.47 Å². The van der Waals surface area contributed by atoms with Gasteiger partial charge in [0.15, 0.2) is 5.65 Å². The summed E-state index contributed by atoms with van der Waals surface area (Å²) >= 11 is 1.51. The Labute approximate surface area is 189 Å². The average Bonchev–Trinajstić information content (AvgIpc) is 3.41. The molecule has 1 aliphatic rings. The Balaban J connectivity index is 1.50. The second kappa shape index (κ2) is 8.36. The Hall–Kier alpha value is -2.66. The molecule has 4 aromatic rings. The topological polar surface area (TPSA) is 96.2 Å². The largest absolute Gasteiger partial charge is 0.359 e. The number of fused-ring (bicyclic) bond motifs is 1. The molecule has 0 unspecified atom stereocenters. The molecular weight excluding hydrogens is 448 g/mol. The van der Waals surface area contributed by atoms with Crippen molar-refractivity contribution in [3.63, 3.8) is 0 Å². The molecule has 3 heterocycles. The van der Waals surface area contributed by atoms with Gasteiger partial charge in [0.1, 0.15) is 23.7 Å². The molecular formula is C22H22N4O4S2. The van der Waals surface area contributed by atoms with Gasteiger partial charge in [0.25, 0.3) is 0 Å². The highest BCUT2D eigenvalue weighted by molar-refractivity contribution is 7.89. The monoisotopic (exact) mass is 470 g/mol. The Kier molecular flexibility index (Phi) is 5.54. The fraction of sp³-hybridized carbons (Fsp3) is 0.318. The fourth-order valence-electron chi connectivity index (χ4n) is 3.89. The minimum absolute atomic E-state index is 0.110. The number of thiazole rings is 1. The lowest BCUT2D eigenvalue weighted by Gasteiger charge is -2.39. The first-order valence-electron chi connectivity index (χ1n) is 10.2. The third-order valence-corrected chi connectivity index (χ3v) is 8.46. The van der Waals surface area contributed by atoms with Crippen LogP contribution in [0.15, 0.2) is 55.1 Å². The molecule has 1 aromatic carbocycles. The Morgan fingerprint density at radius 3 is 2.66 bits per heavy atom. The lowest BCUT2D eigenvalue weighted by molar-refractivity contribution is -0.171. The molecule has 0 aliphatic heterocycles. The molecule has 3 aromatic heterocycles. The summed E-state index contributed by atoms with van der Waals surface area (Å²) in [7, 11) is -2.03. The summed E-state index contributed by atoms with van der Waals surface area (Å²) < 4.78 is 38.4. The van der Waals surface area contributed by atoms with E-state index < -0.39 is 15.6 Å². The van der Waals surface area contributed by atoms with Crippen LogP contribution in [0.25, 0.3) is 21.6 Å². The van der Waals surface area contributed by atoms with E-state index in [1.807, 2.05) is 18.2 Å². The Morgan fingerprint density at radius 2 is 1.94 bits per heavy atom. The van der Waals surface area contributed by atoms with E-state index in [9.17, 15) is 8.42 Å². The van der Waals surface area contributed by atoms with Crippen molar-refractivity contribution in [1.29, 1.82) is 0 Å². The van der Waals surface area contributed by atoms with Crippen LogP contribution in [0.4, 0.5) is 0 Å². The maximum absolute atomic E-state index is 13.1. The molecule has 0 spiro atoms. The Morgan fingerprint density at radius 1 is 1.12 bits per heavy atom. The van der Waals surface area contributed by atoms with E-state index >= 15 is 0 Å². The average molecular weight is 471 g/mol. The molecule has 0 bridgehead atoms. The van der Waals surface area contributed by atoms with E-state index in [4.69, 9.17) is 9.47 Å². The standard InChI is InChI=1S/C22H22N4O4S2/c1-29-15-30-22(9-5-10-22)21-23-12-18(31-21)19-17-8-11-26(20(17)25-14-24-19)32(27,28)13-16-6-3-2-4-7-16/h2-4,6-8,11-12,14H,5,9-10,13,15H2,1H3. The van der Waals surface area contributed by atoms with Gasteiger partial charge in [0.2, 0.25) is 10.0 Å². The van der Waals surface area contributed by atoms with Gasteiger partial charge in [-0.15, -0.1) is 11.3 Å². The van der Waals surface area contributed by atoms with Crippen LogP contribution in [0.2, 0.25) is 0 Å². The van der Waals surface area contributed by atoms with Crippen LogP contribution in [0.5, 0.6) is 0 Å². The van der Waals surface area contributed by atoms with E-state index in [1.54, 1.807) is 31.5 Å². The summed E-state index contributed by atoms with van der Waals surface area (Å²) in [4.78, 5) is 14.2. The van der Waals surface area contributed by atoms with Crippen LogP contribution in [0.3, 0.4) is 0 Å². The van der Waals surface area contributed by atoms with Gasteiger partial charge in [-0.2, -0.15) is 0 Å². The first kappa shape index (κ1) is 21.2. The second-order valence-electron chi connectivity index (χ2n) is 7.74. The van der Waals surface area contributed by atoms with Crippen molar-refractivity contribution < 1.29 is 17.9 Å². The highest BCUT2D eigenvalue weighted by atomic mass is 32.2. The zero-order valence-corrected chi connectivity index (χ0v) is 19.1. The second-order valence-corrected chi connectivity index (χ2v) is 10.6. The minimum Gasteiger partial charge on any atom is -0.359 e. The lowest BCUT2D eigenvalue weighted by Crippen LogP contribution is -2.37. The highest BCUT2D eigenvalue weighted by Crippen LogP contribution is 2.47. The molecule has 8 nitrogen and oxygen atoms in total. The maximum Gasteiger partial charge on any atom is 0.244 e. The van der Waals surface area contributed by atoms with Gasteiger partial charge in [-0.25, -0.2) is 27.3 Å².